The fourth-order valence-electron chi connectivity index (χ4n) is 3.28. The lowest BCUT2D eigenvalue weighted by molar-refractivity contribution is -0.140. The molecule has 0 unspecified atom stereocenters. The van der Waals surface area contributed by atoms with Crippen LogP contribution in [0.4, 0.5) is 10.1 Å². The molecule has 126 valence electrons. The number of benzene rings is 1. The third kappa shape index (κ3) is 3.37. The first-order valence-electron chi connectivity index (χ1n) is 8.12. The summed E-state index contributed by atoms with van der Waals surface area (Å²) in [5.74, 6) is -1.40. The van der Waals surface area contributed by atoms with Crippen molar-refractivity contribution in [3.8, 4) is 0 Å². The largest absolute Gasteiger partial charge is 0.326 e. The summed E-state index contributed by atoms with van der Waals surface area (Å²) in [5.41, 5.74) is 0.394. The molecule has 6 heteroatoms. The van der Waals surface area contributed by atoms with Gasteiger partial charge in [-0.2, -0.15) is 0 Å². The van der Waals surface area contributed by atoms with Crippen molar-refractivity contribution in [3.63, 3.8) is 0 Å². The fraction of sp³-hybridized carbons (Fsp3) is 0.389. The lowest BCUT2D eigenvalue weighted by Gasteiger charge is -2.14. The van der Waals surface area contributed by atoms with Crippen LogP contribution < -0.4 is 5.32 Å². The summed E-state index contributed by atoms with van der Waals surface area (Å²) in [7, 11) is 0. The van der Waals surface area contributed by atoms with Crippen LogP contribution in [0.5, 0.6) is 0 Å². The fourth-order valence-corrected chi connectivity index (χ4v) is 3.28. The normalized spacial score (nSPS) is 22.6. The summed E-state index contributed by atoms with van der Waals surface area (Å²) < 4.78 is 13.1. The molecular formula is C18H19FN2O3. The van der Waals surface area contributed by atoms with Crippen molar-refractivity contribution in [2.24, 2.45) is 11.8 Å². The zero-order valence-electron chi connectivity index (χ0n) is 13.2. The minimum absolute atomic E-state index is 0.125. The minimum atomic E-state index is -0.419. The molecule has 3 rings (SSSR count). The number of hydrogen-bond donors (Lipinski definition) is 1. The van der Waals surface area contributed by atoms with E-state index in [4.69, 9.17) is 0 Å². The topological polar surface area (TPSA) is 66.5 Å². The molecule has 2 aliphatic rings. The highest BCUT2D eigenvalue weighted by Gasteiger charge is 2.46. The molecule has 1 aliphatic heterocycles. The van der Waals surface area contributed by atoms with Gasteiger partial charge in [-0.05, 0) is 37.5 Å². The molecule has 1 aliphatic carbocycles. The maximum atomic E-state index is 13.1. The minimum Gasteiger partial charge on any atom is -0.326 e. The Bertz CT molecular complexity index is 675. The van der Waals surface area contributed by atoms with E-state index >= 15 is 0 Å². The number of amides is 3. The molecule has 0 radical (unpaired) electrons. The van der Waals surface area contributed by atoms with E-state index in [0.29, 0.717) is 24.9 Å². The molecule has 0 bridgehead atoms. The second-order valence-electron chi connectivity index (χ2n) is 6.15. The number of nitrogens with one attached hydrogen (secondary N) is 1. The molecule has 1 aromatic rings. The van der Waals surface area contributed by atoms with Gasteiger partial charge in [-0.25, -0.2) is 4.39 Å². The van der Waals surface area contributed by atoms with Gasteiger partial charge in [0, 0.05) is 18.7 Å². The molecule has 1 fully saturated rings. The zero-order valence-corrected chi connectivity index (χ0v) is 13.2. The number of hydrogen-bond acceptors (Lipinski definition) is 3. The number of rotatable bonds is 5. The number of allylic oxidation sites excluding steroid dienone is 2. The third-order valence-corrected chi connectivity index (χ3v) is 4.49. The monoisotopic (exact) mass is 330 g/mol. The summed E-state index contributed by atoms with van der Waals surface area (Å²) in [4.78, 5) is 37.7. The molecule has 1 aromatic carbocycles. The lowest BCUT2D eigenvalue weighted by atomic mass is 9.85. The van der Waals surface area contributed by atoms with E-state index in [1.807, 2.05) is 12.2 Å². The summed E-state index contributed by atoms with van der Waals surface area (Å²) in [6.45, 7) is 0.251. The summed E-state index contributed by atoms with van der Waals surface area (Å²) in [6.07, 6.45) is 5.69. The lowest BCUT2D eigenvalue weighted by Crippen LogP contribution is -2.32. The number of fused-ring (bicyclic) bond motifs is 1. The number of imide groups is 1. The van der Waals surface area contributed by atoms with E-state index in [9.17, 15) is 18.8 Å². The maximum absolute atomic E-state index is 13.1. The quantitative estimate of drug-likeness (QED) is 0.666. The van der Waals surface area contributed by atoms with Gasteiger partial charge in [-0.15, -0.1) is 0 Å². The number of carbonyl (C=O) groups excluding carboxylic acids is 3. The van der Waals surface area contributed by atoms with Crippen LogP contribution in [0, 0.1) is 17.7 Å². The molecule has 3 amide bonds. The standard InChI is InChI=1S/C18H19FN2O3/c19-12-5-3-6-13(11-12)20-16(22)9-4-10-21-17(23)14-7-1-2-8-15(14)18(21)24/h1-3,5-6,11,14-15H,4,7-10H2,(H,20,22)/t14-,15-/m1/s1. The van der Waals surface area contributed by atoms with Gasteiger partial charge in [0.1, 0.15) is 5.82 Å². The van der Waals surface area contributed by atoms with Gasteiger partial charge in [0.05, 0.1) is 11.8 Å². The second kappa shape index (κ2) is 6.95. The van der Waals surface area contributed by atoms with E-state index in [-0.39, 0.29) is 42.5 Å². The number of nitrogens with zero attached hydrogens (tertiary/aromatic N) is 1. The number of carbonyl (C=O) groups is 3. The van der Waals surface area contributed by atoms with E-state index < -0.39 is 5.82 Å². The molecule has 0 spiro atoms. The molecule has 1 N–H and O–H groups in total. The van der Waals surface area contributed by atoms with Crippen molar-refractivity contribution >= 4 is 23.4 Å². The Balaban J connectivity index is 1.49. The number of halogens is 1. The maximum Gasteiger partial charge on any atom is 0.233 e. The molecule has 24 heavy (non-hydrogen) atoms. The van der Waals surface area contributed by atoms with Crippen molar-refractivity contribution in [3.05, 3.63) is 42.2 Å². The number of anilines is 1. The average molecular weight is 330 g/mol. The first-order valence-corrected chi connectivity index (χ1v) is 8.12. The molecular weight excluding hydrogens is 311 g/mol. The van der Waals surface area contributed by atoms with Gasteiger partial charge in [-0.3, -0.25) is 19.3 Å². The molecule has 0 aromatic heterocycles. The first-order chi connectivity index (χ1) is 11.6. The van der Waals surface area contributed by atoms with Crippen LogP contribution in [-0.2, 0) is 14.4 Å². The smallest absolute Gasteiger partial charge is 0.233 e. The molecule has 2 atom stereocenters. The zero-order chi connectivity index (χ0) is 17.1. The van der Waals surface area contributed by atoms with Crippen LogP contribution in [0.2, 0.25) is 0 Å². The Kier molecular flexibility index (Phi) is 4.74. The molecule has 1 heterocycles. The second-order valence-corrected chi connectivity index (χ2v) is 6.15. The van der Waals surface area contributed by atoms with Gasteiger partial charge >= 0.3 is 0 Å². The predicted octanol–water partition coefficient (Wildman–Crippen LogP) is 2.50. The van der Waals surface area contributed by atoms with Gasteiger partial charge in [0.25, 0.3) is 0 Å². The van der Waals surface area contributed by atoms with Crippen LogP contribution in [0.15, 0.2) is 36.4 Å². The van der Waals surface area contributed by atoms with Gasteiger partial charge in [0.15, 0.2) is 0 Å². The van der Waals surface area contributed by atoms with E-state index in [1.54, 1.807) is 6.07 Å². The van der Waals surface area contributed by atoms with Crippen LogP contribution >= 0.6 is 0 Å². The molecule has 1 saturated heterocycles. The Morgan fingerprint density at radius 2 is 1.83 bits per heavy atom. The van der Waals surface area contributed by atoms with Crippen molar-refractivity contribution in [2.45, 2.75) is 25.7 Å². The Morgan fingerprint density at radius 1 is 1.17 bits per heavy atom. The Labute approximate surface area is 139 Å². The highest BCUT2D eigenvalue weighted by atomic mass is 19.1. The molecule has 5 nitrogen and oxygen atoms in total. The summed E-state index contributed by atoms with van der Waals surface area (Å²) in [6, 6.07) is 5.66. The van der Waals surface area contributed by atoms with Crippen LogP contribution in [0.3, 0.4) is 0 Å². The molecule has 0 saturated carbocycles. The van der Waals surface area contributed by atoms with Gasteiger partial charge < -0.3 is 5.32 Å². The van der Waals surface area contributed by atoms with Crippen molar-refractivity contribution < 1.29 is 18.8 Å². The third-order valence-electron chi connectivity index (χ3n) is 4.49. The van der Waals surface area contributed by atoms with Gasteiger partial charge in [-0.1, -0.05) is 18.2 Å². The van der Waals surface area contributed by atoms with E-state index in [1.165, 1.54) is 23.1 Å². The van der Waals surface area contributed by atoms with Crippen molar-refractivity contribution in [1.29, 1.82) is 0 Å². The highest BCUT2D eigenvalue weighted by Crippen LogP contribution is 2.35. The first kappa shape index (κ1) is 16.4. The van der Waals surface area contributed by atoms with E-state index in [0.717, 1.165) is 0 Å². The average Bonchev–Trinajstić information content (AvgIpc) is 2.80. The predicted molar refractivity (Wildman–Crippen MR) is 86.3 cm³/mol. The Hall–Kier alpha value is -2.50. The SMILES string of the molecule is O=C(CCCN1C(=O)[C@@H]2CC=CC[C@H]2C1=O)Nc1cccc(F)c1. The summed E-state index contributed by atoms with van der Waals surface area (Å²) in [5, 5.41) is 2.60. The Morgan fingerprint density at radius 3 is 2.46 bits per heavy atom. The van der Waals surface area contributed by atoms with Crippen LogP contribution in [0.1, 0.15) is 25.7 Å². The highest BCUT2D eigenvalue weighted by molar-refractivity contribution is 6.05. The summed E-state index contributed by atoms with van der Waals surface area (Å²) >= 11 is 0. The van der Waals surface area contributed by atoms with Crippen LogP contribution in [0.25, 0.3) is 0 Å². The number of likely N-dealkylation sites (tertiary alicyclic amines) is 1. The van der Waals surface area contributed by atoms with E-state index in [2.05, 4.69) is 5.32 Å². The van der Waals surface area contributed by atoms with Crippen molar-refractivity contribution in [1.82, 2.24) is 4.90 Å². The van der Waals surface area contributed by atoms with Crippen LogP contribution in [-0.4, -0.2) is 29.2 Å². The van der Waals surface area contributed by atoms with Crippen molar-refractivity contribution in [2.75, 3.05) is 11.9 Å². The van der Waals surface area contributed by atoms with Gasteiger partial charge in [0.2, 0.25) is 17.7 Å².